The Hall–Kier alpha value is -2.36. The van der Waals surface area contributed by atoms with Crippen LogP contribution in [0.25, 0.3) is 0 Å². The maximum absolute atomic E-state index is 11.7. The van der Waals surface area contributed by atoms with Gasteiger partial charge >= 0.3 is 10.4 Å². The molecular weight excluding hydrogens is 343 g/mol. The number of rotatable bonds is 3. The van der Waals surface area contributed by atoms with Crippen LogP contribution in [-0.4, -0.2) is 8.42 Å². The smallest absolute Gasteiger partial charge is 0.349 e. The van der Waals surface area contributed by atoms with Crippen molar-refractivity contribution in [3.63, 3.8) is 0 Å². The van der Waals surface area contributed by atoms with E-state index in [2.05, 4.69) is 0 Å². The average molecular weight is 356 g/mol. The first-order valence-corrected chi connectivity index (χ1v) is 9.99. The van der Waals surface area contributed by atoms with Crippen molar-refractivity contribution in [3.8, 4) is 11.5 Å². The summed E-state index contributed by atoms with van der Waals surface area (Å²) in [5.41, 5.74) is 0. The molecule has 0 spiro atoms. The third-order valence-electron chi connectivity index (χ3n) is 3.61. The molecule has 0 bridgehead atoms. The lowest BCUT2D eigenvalue weighted by atomic mass is 10.3. The molecule has 24 heavy (non-hydrogen) atoms. The monoisotopic (exact) mass is 356 g/mol. The van der Waals surface area contributed by atoms with Crippen LogP contribution in [0, 0.1) is 0 Å². The van der Waals surface area contributed by atoms with E-state index in [1.165, 1.54) is 0 Å². The van der Waals surface area contributed by atoms with Gasteiger partial charge in [0.15, 0.2) is 11.5 Å². The summed E-state index contributed by atoms with van der Waals surface area (Å²) in [6.07, 6.45) is 0. The van der Waals surface area contributed by atoms with Crippen molar-refractivity contribution in [2.24, 2.45) is 0 Å². The van der Waals surface area contributed by atoms with Crippen molar-refractivity contribution < 1.29 is 16.8 Å². The summed E-state index contributed by atoms with van der Waals surface area (Å²) in [5, 5.41) is 3.04. The molecule has 0 unspecified atom stereocenters. The Balaban J connectivity index is 1.93. The van der Waals surface area contributed by atoms with Gasteiger partial charge in [-0.15, -0.1) is 8.42 Å². The lowest BCUT2D eigenvalue weighted by Gasteiger charge is -2.20. The van der Waals surface area contributed by atoms with E-state index in [1.807, 2.05) is 66.7 Å². The van der Waals surface area contributed by atoms with Crippen LogP contribution in [0.2, 0.25) is 0 Å². The second kappa shape index (κ2) is 5.93. The van der Waals surface area contributed by atoms with Gasteiger partial charge < -0.3 is 8.37 Å². The van der Waals surface area contributed by atoms with E-state index in [0.717, 1.165) is 15.9 Å². The molecule has 0 fully saturated rings. The molecule has 4 rings (SSSR count). The van der Waals surface area contributed by atoms with Crippen molar-refractivity contribution in [2.45, 2.75) is 0 Å². The molecular formula is C18H13O4PS. The summed E-state index contributed by atoms with van der Waals surface area (Å²) in [5.74, 6) is 0.531. The fourth-order valence-corrected chi connectivity index (χ4v) is 5.85. The summed E-state index contributed by atoms with van der Waals surface area (Å²) >= 11 is 0. The minimum Gasteiger partial charge on any atom is -0.349 e. The van der Waals surface area contributed by atoms with Crippen LogP contribution in [0.4, 0.5) is 0 Å². The Kier molecular flexibility index (Phi) is 3.75. The molecule has 4 nitrogen and oxygen atoms in total. The van der Waals surface area contributed by atoms with E-state index >= 15 is 0 Å². The molecule has 0 radical (unpaired) electrons. The third-order valence-corrected chi connectivity index (χ3v) is 6.82. The van der Waals surface area contributed by atoms with Crippen LogP contribution in [0.15, 0.2) is 78.9 Å². The summed E-state index contributed by atoms with van der Waals surface area (Å²) < 4.78 is 33.4. The highest BCUT2D eigenvalue weighted by molar-refractivity contribution is 7.83. The highest BCUT2D eigenvalue weighted by Gasteiger charge is 2.33. The Morgan fingerprint density at radius 2 is 1.25 bits per heavy atom. The molecule has 0 aromatic heterocycles. The molecule has 3 aromatic rings. The number of fused-ring (bicyclic) bond motifs is 1. The van der Waals surface area contributed by atoms with E-state index in [4.69, 9.17) is 8.37 Å². The molecule has 120 valence electrons. The van der Waals surface area contributed by atoms with E-state index in [9.17, 15) is 8.42 Å². The topological polar surface area (TPSA) is 52.6 Å². The lowest BCUT2D eigenvalue weighted by Crippen LogP contribution is -2.21. The van der Waals surface area contributed by atoms with Crippen molar-refractivity contribution >= 4 is 34.2 Å². The number of hydrogen-bond donors (Lipinski definition) is 0. The van der Waals surface area contributed by atoms with Crippen molar-refractivity contribution in [1.29, 1.82) is 0 Å². The SMILES string of the molecule is O=S1(=O)Oc2cccc(P(c3ccccc3)c3ccccc3)c2O1. The van der Waals surface area contributed by atoms with Crippen LogP contribution < -0.4 is 24.3 Å². The molecule has 6 heteroatoms. The van der Waals surface area contributed by atoms with E-state index in [1.54, 1.807) is 12.1 Å². The van der Waals surface area contributed by atoms with Gasteiger partial charge in [0, 0.05) is 5.30 Å². The van der Waals surface area contributed by atoms with E-state index in [-0.39, 0.29) is 11.5 Å². The third kappa shape index (κ3) is 2.77. The predicted octanol–water partition coefficient (Wildman–Crippen LogP) is 2.46. The maximum atomic E-state index is 11.7. The highest BCUT2D eigenvalue weighted by atomic mass is 32.3. The molecule has 0 aliphatic carbocycles. The zero-order chi connectivity index (χ0) is 16.6. The van der Waals surface area contributed by atoms with Gasteiger partial charge in [0.2, 0.25) is 0 Å². The first-order chi connectivity index (χ1) is 11.6. The molecule has 3 aromatic carbocycles. The average Bonchev–Trinajstić information content (AvgIpc) is 2.92. The van der Waals surface area contributed by atoms with Gasteiger partial charge in [-0.3, -0.25) is 0 Å². The van der Waals surface area contributed by atoms with Gasteiger partial charge in [-0.25, -0.2) is 0 Å². The Labute approximate surface area is 141 Å². The Morgan fingerprint density at radius 3 is 1.83 bits per heavy atom. The predicted molar refractivity (Wildman–Crippen MR) is 95.3 cm³/mol. The van der Waals surface area contributed by atoms with Crippen LogP contribution in [0.1, 0.15) is 0 Å². The molecule has 1 aliphatic rings. The number of hydrogen-bond acceptors (Lipinski definition) is 4. The van der Waals surface area contributed by atoms with Gasteiger partial charge in [0.05, 0.1) is 0 Å². The zero-order valence-electron chi connectivity index (χ0n) is 12.5. The summed E-state index contributed by atoms with van der Waals surface area (Å²) in [7, 11) is -4.98. The fourth-order valence-electron chi connectivity index (χ4n) is 2.64. The minimum atomic E-state index is -4.02. The Bertz CT molecular complexity index is 933. The number of benzene rings is 3. The van der Waals surface area contributed by atoms with Gasteiger partial charge in [-0.1, -0.05) is 66.7 Å². The Morgan fingerprint density at radius 1 is 0.667 bits per heavy atom. The molecule has 0 N–H and O–H groups in total. The van der Waals surface area contributed by atoms with Crippen LogP contribution in [-0.2, 0) is 10.4 Å². The normalized spacial score (nSPS) is 14.7. The van der Waals surface area contributed by atoms with Gasteiger partial charge in [0.25, 0.3) is 0 Å². The summed E-state index contributed by atoms with van der Waals surface area (Å²) in [4.78, 5) is 0. The molecule has 1 aliphatic heterocycles. The molecule has 0 atom stereocenters. The van der Waals surface area contributed by atoms with Gasteiger partial charge in [-0.05, 0) is 30.7 Å². The van der Waals surface area contributed by atoms with Crippen LogP contribution in [0.3, 0.4) is 0 Å². The molecule has 0 saturated carbocycles. The number of para-hydroxylation sites is 1. The van der Waals surface area contributed by atoms with Crippen LogP contribution >= 0.6 is 7.92 Å². The van der Waals surface area contributed by atoms with Crippen molar-refractivity contribution in [1.82, 2.24) is 0 Å². The fraction of sp³-hybridized carbons (Fsp3) is 0. The van der Waals surface area contributed by atoms with Gasteiger partial charge in [-0.2, -0.15) is 0 Å². The second-order valence-electron chi connectivity index (χ2n) is 5.19. The lowest BCUT2D eigenvalue weighted by molar-refractivity contribution is 0.437. The largest absolute Gasteiger partial charge is 0.501 e. The summed E-state index contributed by atoms with van der Waals surface area (Å²) in [6, 6.07) is 25.3. The highest BCUT2D eigenvalue weighted by Crippen LogP contribution is 2.43. The molecule has 0 saturated heterocycles. The first-order valence-electron chi connectivity index (χ1n) is 7.31. The second-order valence-corrected chi connectivity index (χ2v) is 8.52. The van der Waals surface area contributed by atoms with Crippen molar-refractivity contribution in [2.75, 3.05) is 0 Å². The first kappa shape index (κ1) is 15.2. The van der Waals surface area contributed by atoms with Crippen molar-refractivity contribution in [3.05, 3.63) is 78.9 Å². The quantitative estimate of drug-likeness (QED) is 0.677. The van der Waals surface area contributed by atoms with E-state index in [0.29, 0.717) is 0 Å². The van der Waals surface area contributed by atoms with Crippen LogP contribution in [0.5, 0.6) is 11.5 Å². The summed E-state index contributed by atoms with van der Waals surface area (Å²) in [6.45, 7) is 0. The van der Waals surface area contributed by atoms with E-state index < -0.39 is 18.3 Å². The zero-order valence-corrected chi connectivity index (χ0v) is 14.2. The molecule has 1 heterocycles. The molecule has 0 amide bonds. The maximum Gasteiger partial charge on any atom is 0.501 e. The van der Waals surface area contributed by atoms with Gasteiger partial charge in [0.1, 0.15) is 0 Å². The minimum absolute atomic E-state index is 0.242. The standard InChI is InChI=1S/C18H13O4PS/c19-24(20)21-16-12-7-13-17(18(16)22-24)23(14-8-3-1-4-9-14)15-10-5-2-6-11-15/h1-13H.